The van der Waals surface area contributed by atoms with E-state index < -0.39 is 17.2 Å². The van der Waals surface area contributed by atoms with Crippen LogP contribution in [0, 0.1) is 22.2 Å². The largest absolute Gasteiger partial charge is 0.425 e. The molecule has 3 aliphatic rings. The van der Waals surface area contributed by atoms with Crippen molar-refractivity contribution >= 4 is 5.97 Å². The standard InChI is InChI=1S/C19H28O3/c1-6-17(4)9-10-18(5)13(12-17)7-8-16(2,3)19(21)14(18)11-15(20)22-19/h6,11,13,21H,1,7-10,12H2,2-5H3/t13-,17-,18-,19+/m1/s1. The Morgan fingerprint density at radius 1 is 1.27 bits per heavy atom. The highest BCUT2D eigenvalue weighted by Gasteiger charge is 2.62. The van der Waals surface area contributed by atoms with Gasteiger partial charge in [0.15, 0.2) is 0 Å². The molecule has 0 spiro atoms. The van der Waals surface area contributed by atoms with Gasteiger partial charge in [-0.05, 0) is 48.9 Å². The van der Waals surface area contributed by atoms with Crippen LogP contribution in [0.1, 0.15) is 59.8 Å². The zero-order valence-electron chi connectivity index (χ0n) is 14.2. The second-order valence-electron chi connectivity index (χ2n) is 8.72. The first-order chi connectivity index (χ1) is 10.1. The second-order valence-corrected chi connectivity index (χ2v) is 8.72. The van der Waals surface area contributed by atoms with Gasteiger partial charge in [0.2, 0.25) is 5.79 Å². The predicted octanol–water partition coefficient (Wildman–Crippen LogP) is 3.98. The van der Waals surface area contributed by atoms with Crippen LogP contribution < -0.4 is 0 Å². The van der Waals surface area contributed by atoms with E-state index in [1.165, 1.54) is 0 Å². The topological polar surface area (TPSA) is 46.5 Å². The summed E-state index contributed by atoms with van der Waals surface area (Å²) in [5.74, 6) is -1.40. The molecule has 1 heterocycles. The highest BCUT2D eigenvalue weighted by Crippen LogP contribution is 2.63. The van der Waals surface area contributed by atoms with Gasteiger partial charge in [0.05, 0.1) is 0 Å². The molecule has 4 atom stereocenters. The average Bonchev–Trinajstić information content (AvgIpc) is 2.75. The van der Waals surface area contributed by atoms with Gasteiger partial charge in [-0.3, -0.25) is 0 Å². The highest BCUT2D eigenvalue weighted by atomic mass is 16.7. The monoisotopic (exact) mass is 304 g/mol. The molecule has 1 aliphatic heterocycles. The maximum absolute atomic E-state index is 11.9. The SMILES string of the molecule is C=C[C@]1(C)CC[C@@]2(C)C3=CC(=O)O[C@]3(O)C(C)(C)CC[C@@H]2C1. The Kier molecular flexibility index (Phi) is 3.21. The number of carbonyl (C=O) groups excluding carboxylic acids is 1. The summed E-state index contributed by atoms with van der Waals surface area (Å²) >= 11 is 0. The molecule has 0 radical (unpaired) electrons. The number of esters is 1. The maximum atomic E-state index is 11.9. The van der Waals surface area contributed by atoms with Crippen molar-refractivity contribution in [1.29, 1.82) is 0 Å². The fourth-order valence-corrected chi connectivity index (χ4v) is 4.81. The molecule has 3 nitrogen and oxygen atoms in total. The fourth-order valence-electron chi connectivity index (χ4n) is 4.81. The molecule has 0 aromatic heterocycles. The normalized spacial score (nSPS) is 46.9. The minimum atomic E-state index is -1.45. The summed E-state index contributed by atoms with van der Waals surface area (Å²) in [5.41, 5.74) is 0.331. The second kappa shape index (κ2) is 4.47. The Bertz CT molecular complexity index is 561. The Hall–Kier alpha value is -1.09. The van der Waals surface area contributed by atoms with Crippen molar-refractivity contribution in [2.24, 2.45) is 22.2 Å². The maximum Gasteiger partial charge on any atom is 0.333 e. The van der Waals surface area contributed by atoms with Crippen LogP contribution in [0.5, 0.6) is 0 Å². The summed E-state index contributed by atoms with van der Waals surface area (Å²) < 4.78 is 5.44. The van der Waals surface area contributed by atoms with E-state index in [0.29, 0.717) is 5.92 Å². The molecular formula is C19H28O3. The molecule has 2 fully saturated rings. The van der Waals surface area contributed by atoms with Crippen molar-refractivity contribution in [2.75, 3.05) is 0 Å². The Morgan fingerprint density at radius 2 is 1.95 bits per heavy atom. The molecule has 2 aliphatic carbocycles. The predicted molar refractivity (Wildman–Crippen MR) is 85.9 cm³/mol. The molecular weight excluding hydrogens is 276 g/mol. The van der Waals surface area contributed by atoms with Crippen molar-refractivity contribution in [3.8, 4) is 0 Å². The molecule has 0 bridgehead atoms. The minimum Gasteiger partial charge on any atom is -0.425 e. The fraction of sp³-hybridized carbons (Fsp3) is 0.737. The van der Waals surface area contributed by atoms with E-state index in [0.717, 1.165) is 37.7 Å². The van der Waals surface area contributed by atoms with Crippen molar-refractivity contribution in [2.45, 2.75) is 65.6 Å². The summed E-state index contributed by atoms with van der Waals surface area (Å²) in [6, 6.07) is 0. The van der Waals surface area contributed by atoms with E-state index in [9.17, 15) is 9.90 Å². The summed E-state index contributed by atoms with van der Waals surface area (Å²) in [7, 11) is 0. The van der Waals surface area contributed by atoms with Gasteiger partial charge in [0.1, 0.15) is 0 Å². The van der Waals surface area contributed by atoms with E-state index in [4.69, 9.17) is 4.74 Å². The number of allylic oxidation sites excluding steroid dienone is 1. The third kappa shape index (κ3) is 1.94. The number of hydrogen-bond acceptors (Lipinski definition) is 3. The summed E-state index contributed by atoms with van der Waals surface area (Å²) in [6.07, 6.45) is 8.60. The highest BCUT2D eigenvalue weighted by molar-refractivity contribution is 5.87. The first kappa shape index (κ1) is 15.8. The number of carbonyl (C=O) groups is 1. The van der Waals surface area contributed by atoms with Crippen molar-refractivity contribution in [3.63, 3.8) is 0 Å². The van der Waals surface area contributed by atoms with Crippen LogP contribution in [0.4, 0.5) is 0 Å². The molecule has 22 heavy (non-hydrogen) atoms. The third-order valence-corrected chi connectivity index (χ3v) is 6.85. The van der Waals surface area contributed by atoms with Crippen molar-refractivity contribution < 1.29 is 14.6 Å². The van der Waals surface area contributed by atoms with Gasteiger partial charge in [0.25, 0.3) is 0 Å². The lowest BCUT2D eigenvalue weighted by molar-refractivity contribution is -0.225. The van der Waals surface area contributed by atoms with Crippen LogP contribution in [-0.4, -0.2) is 16.9 Å². The molecule has 2 saturated carbocycles. The van der Waals surface area contributed by atoms with Crippen LogP contribution >= 0.6 is 0 Å². The van der Waals surface area contributed by atoms with Crippen LogP contribution in [0.15, 0.2) is 24.3 Å². The van der Waals surface area contributed by atoms with E-state index >= 15 is 0 Å². The molecule has 3 heteroatoms. The summed E-state index contributed by atoms with van der Waals surface area (Å²) in [4.78, 5) is 11.9. The van der Waals surface area contributed by atoms with Gasteiger partial charge in [-0.2, -0.15) is 0 Å². The molecule has 0 unspecified atom stereocenters. The van der Waals surface area contributed by atoms with Gasteiger partial charge in [-0.15, -0.1) is 6.58 Å². The number of ether oxygens (including phenoxy) is 1. The van der Waals surface area contributed by atoms with Gasteiger partial charge >= 0.3 is 5.97 Å². The lowest BCUT2D eigenvalue weighted by atomic mass is 9.55. The van der Waals surface area contributed by atoms with Gasteiger partial charge in [-0.25, -0.2) is 4.79 Å². The molecule has 0 aromatic rings. The molecule has 0 amide bonds. The average molecular weight is 304 g/mol. The number of aliphatic hydroxyl groups is 1. The lowest BCUT2D eigenvalue weighted by Crippen LogP contribution is -2.50. The molecule has 1 N–H and O–H groups in total. The first-order valence-electron chi connectivity index (χ1n) is 8.38. The smallest absolute Gasteiger partial charge is 0.333 e. The minimum absolute atomic E-state index is 0.154. The van der Waals surface area contributed by atoms with E-state index in [1.54, 1.807) is 6.08 Å². The third-order valence-electron chi connectivity index (χ3n) is 6.85. The summed E-state index contributed by atoms with van der Waals surface area (Å²) in [5, 5.41) is 11.2. The molecule has 0 saturated heterocycles. The number of hydrogen-bond donors (Lipinski definition) is 1. The van der Waals surface area contributed by atoms with E-state index in [1.807, 2.05) is 13.8 Å². The first-order valence-corrected chi connectivity index (χ1v) is 8.38. The Labute approximate surface area is 133 Å². The molecule has 0 aromatic carbocycles. The van der Waals surface area contributed by atoms with Gasteiger partial charge in [-0.1, -0.05) is 33.8 Å². The van der Waals surface area contributed by atoms with Crippen LogP contribution in [0.3, 0.4) is 0 Å². The molecule has 3 rings (SSSR count). The van der Waals surface area contributed by atoms with Crippen molar-refractivity contribution in [1.82, 2.24) is 0 Å². The van der Waals surface area contributed by atoms with Crippen molar-refractivity contribution in [3.05, 3.63) is 24.3 Å². The van der Waals surface area contributed by atoms with Crippen LogP contribution in [0.25, 0.3) is 0 Å². The summed E-state index contributed by atoms with van der Waals surface area (Å²) in [6.45, 7) is 12.5. The quantitative estimate of drug-likeness (QED) is 0.589. The zero-order chi connectivity index (χ0) is 16.4. The Balaban J connectivity index is 2.09. The van der Waals surface area contributed by atoms with Crippen LogP contribution in [0.2, 0.25) is 0 Å². The number of rotatable bonds is 1. The lowest BCUT2D eigenvalue weighted by Gasteiger charge is -2.50. The van der Waals surface area contributed by atoms with Gasteiger partial charge < -0.3 is 9.84 Å². The molecule has 122 valence electrons. The number of fused-ring (bicyclic) bond motifs is 3. The zero-order valence-corrected chi connectivity index (χ0v) is 14.2. The van der Waals surface area contributed by atoms with Gasteiger partial charge in [0, 0.05) is 17.1 Å². The van der Waals surface area contributed by atoms with E-state index in [-0.39, 0.29) is 10.8 Å². The van der Waals surface area contributed by atoms with E-state index in [2.05, 4.69) is 26.5 Å². The Morgan fingerprint density at radius 3 is 2.59 bits per heavy atom. The van der Waals surface area contributed by atoms with Crippen LogP contribution in [-0.2, 0) is 9.53 Å².